The minimum Gasteiger partial charge on any atom is -0.478 e. The van der Waals surface area contributed by atoms with Gasteiger partial charge in [0.1, 0.15) is 5.84 Å². The molecule has 0 fully saturated rings. The summed E-state index contributed by atoms with van der Waals surface area (Å²) in [5.74, 6) is -0.232. The monoisotopic (exact) mass is 324 g/mol. The molecule has 24 heavy (non-hydrogen) atoms. The van der Waals surface area contributed by atoms with Crippen LogP contribution in [0.2, 0.25) is 0 Å². The van der Waals surface area contributed by atoms with E-state index >= 15 is 0 Å². The largest absolute Gasteiger partial charge is 0.478 e. The van der Waals surface area contributed by atoms with Crippen molar-refractivity contribution in [3.63, 3.8) is 0 Å². The van der Waals surface area contributed by atoms with E-state index in [1.165, 1.54) is 12.1 Å². The Morgan fingerprint density at radius 3 is 2.42 bits per heavy atom. The second-order valence-electron chi connectivity index (χ2n) is 5.20. The summed E-state index contributed by atoms with van der Waals surface area (Å²) in [6.07, 6.45) is 0. The van der Waals surface area contributed by atoms with Crippen molar-refractivity contribution >= 4 is 29.2 Å². The highest BCUT2D eigenvalue weighted by molar-refractivity contribution is 6.03. The highest BCUT2D eigenvalue weighted by Gasteiger charge is 2.10. The van der Waals surface area contributed by atoms with Gasteiger partial charge >= 0.3 is 12.0 Å². The predicted molar refractivity (Wildman–Crippen MR) is 91.9 cm³/mol. The second kappa shape index (κ2) is 6.82. The molecule has 122 valence electrons. The Bertz CT molecular complexity index is 817. The minimum atomic E-state index is -1.04. The van der Waals surface area contributed by atoms with Gasteiger partial charge < -0.3 is 21.1 Å². The highest BCUT2D eigenvalue weighted by Crippen LogP contribution is 2.14. The third-order valence-corrected chi connectivity index (χ3v) is 3.44. The van der Waals surface area contributed by atoms with Gasteiger partial charge in [-0.25, -0.2) is 9.59 Å². The second-order valence-corrected chi connectivity index (χ2v) is 5.20. The fourth-order valence-corrected chi connectivity index (χ4v) is 2.36. The fourth-order valence-electron chi connectivity index (χ4n) is 2.36. The number of aliphatic imine (C=N–C) groups is 1. The van der Waals surface area contributed by atoms with Gasteiger partial charge in [-0.15, -0.1) is 0 Å². The van der Waals surface area contributed by atoms with Gasteiger partial charge in [0.15, 0.2) is 0 Å². The van der Waals surface area contributed by atoms with Crippen LogP contribution in [0.25, 0.3) is 0 Å². The van der Waals surface area contributed by atoms with Crippen molar-refractivity contribution in [2.24, 2.45) is 4.99 Å². The van der Waals surface area contributed by atoms with Crippen molar-refractivity contribution in [2.45, 2.75) is 0 Å². The minimum absolute atomic E-state index is 0.111. The molecule has 0 aromatic heterocycles. The number of aromatic carboxylic acids is 1. The summed E-state index contributed by atoms with van der Waals surface area (Å²) < 4.78 is 0. The third-order valence-electron chi connectivity index (χ3n) is 3.44. The molecule has 0 spiro atoms. The van der Waals surface area contributed by atoms with Crippen LogP contribution in [-0.4, -0.2) is 36.0 Å². The summed E-state index contributed by atoms with van der Waals surface area (Å²) in [5.41, 5.74) is 2.04. The molecule has 0 atom stereocenters. The first-order valence-electron chi connectivity index (χ1n) is 7.42. The summed E-state index contributed by atoms with van der Waals surface area (Å²) in [4.78, 5) is 27.4. The number of amidine groups is 1. The number of benzene rings is 2. The molecular formula is C17H16N4O3. The maximum atomic E-state index is 12.1. The summed E-state index contributed by atoms with van der Waals surface area (Å²) in [6, 6.07) is 12.9. The van der Waals surface area contributed by atoms with E-state index in [0.717, 1.165) is 24.5 Å². The van der Waals surface area contributed by atoms with E-state index in [-0.39, 0.29) is 5.56 Å². The van der Waals surface area contributed by atoms with Gasteiger partial charge in [0.25, 0.3) is 0 Å². The Morgan fingerprint density at radius 1 is 1.04 bits per heavy atom. The van der Waals surface area contributed by atoms with Gasteiger partial charge in [-0.05, 0) is 30.3 Å². The zero-order valence-electron chi connectivity index (χ0n) is 12.7. The summed E-state index contributed by atoms with van der Waals surface area (Å²) in [7, 11) is 0. The number of amides is 2. The van der Waals surface area contributed by atoms with Crippen molar-refractivity contribution in [3.8, 4) is 0 Å². The Hall–Kier alpha value is -3.35. The number of nitrogens with zero attached hydrogens (tertiary/aromatic N) is 1. The first kappa shape index (κ1) is 15.5. The topological polar surface area (TPSA) is 103 Å². The molecular weight excluding hydrogens is 308 g/mol. The SMILES string of the molecule is O=C(Nc1cccc(C(=O)O)c1)Nc1cccc(C2=NCCN2)c1. The maximum Gasteiger partial charge on any atom is 0.335 e. The Morgan fingerprint density at radius 2 is 1.75 bits per heavy atom. The predicted octanol–water partition coefficient (Wildman–Crippen LogP) is 2.38. The quantitative estimate of drug-likeness (QED) is 0.693. The third kappa shape index (κ3) is 3.70. The summed E-state index contributed by atoms with van der Waals surface area (Å²) in [6.45, 7) is 1.56. The molecule has 7 nitrogen and oxygen atoms in total. The van der Waals surface area contributed by atoms with Crippen LogP contribution in [0.15, 0.2) is 53.5 Å². The lowest BCUT2D eigenvalue weighted by Gasteiger charge is -2.10. The first-order valence-corrected chi connectivity index (χ1v) is 7.42. The van der Waals surface area contributed by atoms with Crippen LogP contribution in [0.5, 0.6) is 0 Å². The van der Waals surface area contributed by atoms with Crippen LogP contribution in [0, 0.1) is 0 Å². The van der Waals surface area contributed by atoms with E-state index in [0.29, 0.717) is 11.4 Å². The van der Waals surface area contributed by atoms with Crippen LogP contribution in [0.4, 0.5) is 16.2 Å². The van der Waals surface area contributed by atoms with Crippen LogP contribution < -0.4 is 16.0 Å². The highest BCUT2D eigenvalue weighted by atomic mass is 16.4. The van der Waals surface area contributed by atoms with Crippen molar-refractivity contribution in [1.82, 2.24) is 5.32 Å². The molecule has 2 amide bonds. The lowest BCUT2D eigenvalue weighted by atomic mass is 10.2. The molecule has 2 aromatic carbocycles. The van der Waals surface area contributed by atoms with Gasteiger partial charge in [0.05, 0.1) is 12.1 Å². The molecule has 1 aliphatic rings. The average Bonchev–Trinajstić information content (AvgIpc) is 3.09. The Labute approximate surface area is 138 Å². The standard InChI is InChI=1S/C17H16N4O3/c22-16(23)12-4-2-6-14(10-12)21-17(24)20-13-5-1-3-11(9-13)15-18-7-8-19-15/h1-6,9-10H,7-8H2,(H,18,19)(H,22,23)(H2,20,21,24). The van der Waals surface area contributed by atoms with Gasteiger partial charge in [0, 0.05) is 23.5 Å². The molecule has 0 radical (unpaired) electrons. The smallest absolute Gasteiger partial charge is 0.335 e. The van der Waals surface area contributed by atoms with E-state index in [1.54, 1.807) is 18.2 Å². The molecule has 7 heteroatoms. The molecule has 0 saturated heterocycles. The van der Waals surface area contributed by atoms with Crippen LogP contribution in [0.3, 0.4) is 0 Å². The van der Waals surface area contributed by atoms with Crippen LogP contribution in [-0.2, 0) is 0 Å². The van der Waals surface area contributed by atoms with Crippen molar-refractivity contribution in [1.29, 1.82) is 0 Å². The number of hydrogen-bond acceptors (Lipinski definition) is 4. The normalized spacial score (nSPS) is 12.9. The number of urea groups is 1. The number of carboxylic acid groups (broad SMARTS) is 1. The van der Waals surface area contributed by atoms with Crippen LogP contribution in [0.1, 0.15) is 15.9 Å². The maximum absolute atomic E-state index is 12.1. The first-order chi connectivity index (χ1) is 11.6. The molecule has 0 unspecified atom stereocenters. The number of hydrogen-bond donors (Lipinski definition) is 4. The molecule has 1 aliphatic heterocycles. The van der Waals surface area contributed by atoms with Gasteiger partial charge in [-0.3, -0.25) is 4.99 Å². The van der Waals surface area contributed by atoms with Gasteiger partial charge in [0.2, 0.25) is 0 Å². The van der Waals surface area contributed by atoms with Crippen LogP contribution >= 0.6 is 0 Å². The lowest BCUT2D eigenvalue weighted by Crippen LogP contribution is -2.21. The van der Waals surface area contributed by atoms with E-state index in [9.17, 15) is 9.59 Å². The number of carbonyl (C=O) groups excluding carboxylic acids is 1. The Balaban J connectivity index is 1.68. The van der Waals surface area contributed by atoms with E-state index in [4.69, 9.17) is 5.11 Å². The summed E-state index contributed by atoms with van der Waals surface area (Å²) >= 11 is 0. The molecule has 4 N–H and O–H groups in total. The number of rotatable bonds is 4. The van der Waals surface area contributed by atoms with Gasteiger partial charge in [-0.2, -0.15) is 0 Å². The van der Waals surface area contributed by atoms with Gasteiger partial charge in [-0.1, -0.05) is 18.2 Å². The van der Waals surface area contributed by atoms with Crippen molar-refractivity contribution in [3.05, 3.63) is 59.7 Å². The zero-order valence-corrected chi connectivity index (χ0v) is 12.7. The number of anilines is 2. The molecule has 0 aliphatic carbocycles. The van der Waals surface area contributed by atoms with E-state index in [2.05, 4.69) is 20.9 Å². The Kier molecular flexibility index (Phi) is 4.42. The van der Waals surface area contributed by atoms with E-state index in [1.807, 2.05) is 18.2 Å². The molecule has 1 heterocycles. The zero-order chi connectivity index (χ0) is 16.9. The molecule has 0 bridgehead atoms. The average molecular weight is 324 g/mol. The molecule has 3 rings (SSSR count). The fraction of sp³-hybridized carbons (Fsp3) is 0.118. The van der Waals surface area contributed by atoms with Crippen molar-refractivity contribution < 1.29 is 14.7 Å². The number of nitrogens with one attached hydrogen (secondary N) is 3. The molecule has 2 aromatic rings. The summed E-state index contributed by atoms with van der Waals surface area (Å²) in [5, 5.41) is 17.5. The van der Waals surface area contributed by atoms with E-state index < -0.39 is 12.0 Å². The number of carboxylic acids is 1. The number of carbonyl (C=O) groups is 2. The lowest BCUT2D eigenvalue weighted by molar-refractivity contribution is 0.0697. The molecule has 0 saturated carbocycles. The van der Waals surface area contributed by atoms with Crippen molar-refractivity contribution in [2.75, 3.05) is 23.7 Å².